The molecule has 0 bridgehead atoms. The molecule has 0 radical (unpaired) electrons. The highest BCUT2D eigenvalue weighted by atomic mass is 32.2. The first-order chi connectivity index (χ1) is 10.4. The summed E-state index contributed by atoms with van der Waals surface area (Å²) in [7, 11) is -3.74. The molecule has 0 atom stereocenters. The number of anilines is 1. The number of amides is 2. The Morgan fingerprint density at radius 3 is 2.27 bits per heavy atom. The molecular formula is C14H15N3O4S. The van der Waals surface area contributed by atoms with Gasteiger partial charge in [0, 0.05) is 5.69 Å². The van der Waals surface area contributed by atoms with Crippen molar-refractivity contribution < 1.29 is 17.9 Å². The fourth-order valence-electron chi connectivity index (χ4n) is 1.60. The molecule has 0 aliphatic rings. The third-order valence-corrected chi connectivity index (χ3v) is 3.58. The first-order valence-electron chi connectivity index (χ1n) is 6.31. The summed E-state index contributed by atoms with van der Waals surface area (Å²) < 4.78 is 27.5. The maximum absolute atomic E-state index is 11.6. The minimum Gasteiger partial charge on any atom is -0.473 e. The van der Waals surface area contributed by atoms with Crippen LogP contribution < -0.4 is 20.5 Å². The van der Waals surface area contributed by atoms with Crippen LogP contribution in [-0.2, 0) is 10.0 Å². The summed E-state index contributed by atoms with van der Waals surface area (Å²) in [4.78, 5) is 11.6. The molecular weight excluding hydrogens is 306 g/mol. The van der Waals surface area contributed by atoms with Crippen LogP contribution >= 0.6 is 0 Å². The minimum atomic E-state index is -3.74. The number of urea groups is 1. The molecule has 2 aromatic rings. The van der Waals surface area contributed by atoms with Crippen molar-refractivity contribution in [2.24, 2.45) is 5.14 Å². The summed E-state index contributed by atoms with van der Waals surface area (Å²) in [6.07, 6.45) is 0. The second kappa shape index (κ2) is 6.92. The number of sulfonamides is 1. The summed E-state index contributed by atoms with van der Waals surface area (Å²) in [6, 6.07) is 14.1. The number of hydrogen-bond acceptors (Lipinski definition) is 4. The van der Waals surface area contributed by atoms with Gasteiger partial charge in [0.05, 0.1) is 4.90 Å². The third-order valence-electron chi connectivity index (χ3n) is 2.66. The van der Waals surface area contributed by atoms with E-state index in [9.17, 15) is 13.2 Å². The Labute approximate surface area is 128 Å². The fourth-order valence-corrected chi connectivity index (χ4v) is 2.12. The first kappa shape index (κ1) is 15.8. The van der Waals surface area contributed by atoms with Gasteiger partial charge in [-0.15, -0.1) is 0 Å². The minimum absolute atomic E-state index is 0.00507. The summed E-state index contributed by atoms with van der Waals surface area (Å²) in [5.74, 6) is 0.639. The predicted molar refractivity (Wildman–Crippen MR) is 81.9 cm³/mol. The van der Waals surface area contributed by atoms with Crippen molar-refractivity contribution in [2.45, 2.75) is 4.90 Å². The Bertz CT molecular complexity index is 730. The molecule has 0 saturated carbocycles. The Morgan fingerprint density at radius 1 is 1.05 bits per heavy atom. The Balaban J connectivity index is 1.82. The second-order valence-corrected chi connectivity index (χ2v) is 5.86. The lowest BCUT2D eigenvalue weighted by molar-refractivity contribution is 0.234. The van der Waals surface area contributed by atoms with E-state index in [-0.39, 0.29) is 11.6 Å². The van der Waals surface area contributed by atoms with E-state index in [1.54, 1.807) is 12.1 Å². The lowest BCUT2D eigenvalue weighted by Gasteiger charge is -2.09. The van der Waals surface area contributed by atoms with Gasteiger partial charge in [0.25, 0.3) is 0 Å². The molecule has 0 unspecified atom stereocenters. The van der Waals surface area contributed by atoms with E-state index in [0.717, 1.165) is 0 Å². The van der Waals surface area contributed by atoms with E-state index in [2.05, 4.69) is 10.6 Å². The molecule has 7 nitrogen and oxygen atoms in total. The van der Waals surface area contributed by atoms with Crippen molar-refractivity contribution in [3.05, 3.63) is 54.6 Å². The van der Waals surface area contributed by atoms with Gasteiger partial charge in [-0.1, -0.05) is 18.2 Å². The molecule has 0 saturated heterocycles. The van der Waals surface area contributed by atoms with Gasteiger partial charge in [0.1, 0.15) is 5.75 Å². The summed E-state index contributed by atoms with van der Waals surface area (Å²) >= 11 is 0. The van der Waals surface area contributed by atoms with Crippen molar-refractivity contribution in [3.8, 4) is 5.75 Å². The highest BCUT2D eigenvalue weighted by molar-refractivity contribution is 7.89. The predicted octanol–water partition coefficient (Wildman–Crippen LogP) is 1.49. The molecule has 0 aromatic heterocycles. The lowest BCUT2D eigenvalue weighted by atomic mass is 10.3. The quantitative estimate of drug-likeness (QED) is 0.725. The van der Waals surface area contributed by atoms with E-state index < -0.39 is 16.1 Å². The third kappa shape index (κ3) is 4.76. The molecule has 116 valence electrons. The summed E-state index contributed by atoms with van der Waals surface area (Å²) in [5, 5.41) is 10.0. The van der Waals surface area contributed by atoms with Gasteiger partial charge < -0.3 is 15.4 Å². The van der Waals surface area contributed by atoms with Crippen LogP contribution in [0.3, 0.4) is 0 Å². The molecule has 0 spiro atoms. The highest BCUT2D eigenvalue weighted by Crippen LogP contribution is 2.12. The van der Waals surface area contributed by atoms with Gasteiger partial charge in [-0.25, -0.2) is 18.4 Å². The van der Waals surface area contributed by atoms with E-state index in [0.29, 0.717) is 11.4 Å². The van der Waals surface area contributed by atoms with Gasteiger partial charge in [-0.2, -0.15) is 0 Å². The van der Waals surface area contributed by atoms with Crippen LogP contribution in [0.4, 0.5) is 10.5 Å². The van der Waals surface area contributed by atoms with Crippen molar-refractivity contribution >= 4 is 21.7 Å². The monoisotopic (exact) mass is 321 g/mol. The second-order valence-electron chi connectivity index (χ2n) is 4.30. The number of carbonyl (C=O) groups is 1. The highest BCUT2D eigenvalue weighted by Gasteiger charge is 2.07. The lowest BCUT2D eigenvalue weighted by Crippen LogP contribution is -2.32. The maximum Gasteiger partial charge on any atom is 0.321 e. The van der Waals surface area contributed by atoms with E-state index in [1.807, 2.05) is 18.2 Å². The van der Waals surface area contributed by atoms with E-state index >= 15 is 0 Å². The molecule has 2 aromatic carbocycles. The maximum atomic E-state index is 11.6. The first-order valence-corrected chi connectivity index (χ1v) is 7.85. The topological polar surface area (TPSA) is 111 Å². The van der Waals surface area contributed by atoms with Crippen LogP contribution in [0.2, 0.25) is 0 Å². The van der Waals surface area contributed by atoms with Crippen molar-refractivity contribution in [3.63, 3.8) is 0 Å². The Hall–Kier alpha value is -2.58. The SMILES string of the molecule is NS(=O)(=O)c1ccc(NC(=O)NCOc2ccccc2)cc1. The van der Waals surface area contributed by atoms with Crippen LogP contribution in [0.1, 0.15) is 0 Å². The number of nitrogens with two attached hydrogens (primary N) is 1. The number of primary sulfonamides is 1. The zero-order valence-corrected chi connectivity index (χ0v) is 12.3. The van der Waals surface area contributed by atoms with Crippen LogP contribution in [0.5, 0.6) is 5.75 Å². The summed E-state index contributed by atoms with van der Waals surface area (Å²) in [6.45, 7) is 0.00507. The number of rotatable bonds is 5. The number of hydrogen-bond donors (Lipinski definition) is 3. The van der Waals surface area contributed by atoms with Gasteiger partial charge in [-0.3, -0.25) is 0 Å². The zero-order valence-electron chi connectivity index (χ0n) is 11.5. The van der Waals surface area contributed by atoms with Gasteiger partial charge >= 0.3 is 6.03 Å². The van der Waals surface area contributed by atoms with E-state index in [1.165, 1.54) is 24.3 Å². The van der Waals surface area contributed by atoms with Crippen LogP contribution in [0.15, 0.2) is 59.5 Å². The van der Waals surface area contributed by atoms with Gasteiger partial charge in [0.15, 0.2) is 6.73 Å². The Kier molecular flexibility index (Phi) is 4.97. The molecule has 2 rings (SSSR count). The molecule has 4 N–H and O–H groups in total. The fraction of sp³-hybridized carbons (Fsp3) is 0.0714. The molecule has 8 heteroatoms. The Morgan fingerprint density at radius 2 is 1.68 bits per heavy atom. The molecule has 22 heavy (non-hydrogen) atoms. The molecule has 0 heterocycles. The largest absolute Gasteiger partial charge is 0.473 e. The number of para-hydroxylation sites is 1. The van der Waals surface area contributed by atoms with Crippen LogP contribution in [0.25, 0.3) is 0 Å². The molecule has 0 aliphatic carbocycles. The standard InChI is InChI=1S/C14H15N3O4S/c15-22(19,20)13-8-6-11(7-9-13)17-14(18)16-10-21-12-4-2-1-3-5-12/h1-9H,10H2,(H2,15,19,20)(H2,16,17,18). The average Bonchev–Trinajstić information content (AvgIpc) is 2.48. The molecule has 0 fully saturated rings. The molecule has 2 amide bonds. The number of carbonyl (C=O) groups excluding carboxylic acids is 1. The summed E-state index contributed by atoms with van der Waals surface area (Å²) in [5.41, 5.74) is 0.435. The normalized spacial score (nSPS) is 10.8. The van der Waals surface area contributed by atoms with Crippen molar-refractivity contribution in [1.82, 2.24) is 5.32 Å². The number of ether oxygens (including phenoxy) is 1. The average molecular weight is 321 g/mol. The van der Waals surface area contributed by atoms with Crippen LogP contribution in [0, 0.1) is 0 Å². The molecule has 0 aliphatic heterocycles. The van der Waals surface area contributed by atoms with Gasteiger partial charge in [-0.05, 0) is 36.4 Å². The number of benzene rings is 2. The van der Waals surface area contributed by atoms with Crippen LogP contribution in [-0.4, -0.2) is 21.2 Å². The van der Waals surface area contributed by atoms with E-state index in [4.69, 9.17) is 9.88 Å². The van der Waals surface area contributed by atoms with Crippen molar-refractivity contribution in [2.75, 3.05) is 12.0 Å². The zero-order chi connectivity index (χ0) is 16.0. The number of nitrogens with one attached hydrogen (secondary N) is 2. The van der Waals surface area contributed by atoms with Crippen molar-refractivity contribution in [1.29, 1.82) is 0 Å². The van der Waals surface area contributed by atoms with Gasteiger partial charge in [0.2, 0.25) is 10.0 Å². The smallest absolute Gasteiger partial charge is 0.321 e.